The number of thiophene rings is 1. The van der Waals surface area contributed by atoms with E-state index in [0.717, 1.165) is 36.2 Å². The molecule has 1 saturated carbocycles. The Bertz CT molecular complexity index is 777. The zero-order valence-electron chi connectivity index (χ0n) is 15.5. The lowest BCUT2D eigenvalue weighted by molar-refractivity contribution is 0.00978. The van der Waals surface area contributed by atoms with Crippen LogP contribution in [0.25, 0.3) is 10.2 Å². The highest BCUT2D eigenvalue weighted by Gasteiger charge is 2.42. The van der Waals surface area contributed by atoms with Crippen molar-refractivity contribution in [3.05, 3.63) is 17.3 Å². The topological polar surface area (TPSA) is 50.3 Å². The maximum absolute atomic E-state index is 6.21. The normalized spacial score (nSPS) is 26.3. The molecule has 140 valence electrons. The third kappa shape index (κ3) is 3.12. The number of ether oxygens (including phenoxy) is 1. The fourth-order valence-corrected chi connectivity index (χ4v) is 5.90. The Morgan fingerprint density at radius 2 is 2.00 bits per heavy atom. The molecule has 1 spiro atoms. The predicted molar refractivity (Wildman–Crippen MR) is 106 cm³/mol. The molecule has 1 atom stereocenters. The Kier molecular flexibility index (Phi) is 4.38. The molecule has 0 bridgehead atoms. The number of nitrogens with one attached hydrogen (secondary N) is 1. The summed E-state index contributed by atoms with van der Waals surface area (Å²) in [5.41, 5.74) is 0.224. The highest BCUT2D eigenvalue weighted by molar-refractivity contribution is 7.16. The molecule has 26 heavy (non-hydrogen) atoms. The lowest BCUT2D eigenvalue weighted by Crippen LogP contribution is -2.47. The van der Waals surface area contributed by atoms with Gasteiger partial charge in [-0.1, -0.05) is 12.8 Å². The molecule has 5 rings (SSSR count). The first-order valence-corrected chi connectivity index (χ1v) is 11.0. The van der Waals surface area contributed by atoms with Gasteiger partial charge < -0.3 is 15.0 Å². The van der Waals surface area contributed by atoms with Crippen molar-refractivity contribution in [2.45, 2.75) is 69.6 Å². The summed E-state index contributed by atoms with van der Waals surface area (Å²) < 4.78 is 6.21. The molecule has 0 radical (unpaired) electrons. The third-order valence-corrected chi connectivity index (χ3v) is 7.21. The fraction of sp³-hybridized carbons (Fsp3) is 0.700. The van der Waals surface area contributed by atoms with Crippen LogP contribution < -0.4 is 10.2 Å². The molecule has 0 aromatic carbocycles. The van der Waals surface area contributed by atoms with Crippen LogP contribution in [0.1, 0.15) is 50.8 Å². The SMILES string of the molecule is Cc1nc(N2CCC(NC3COC4(CCCC4)C3)CC2)c2ccsc2n1. The van der Waals surface area contributed by atoms with Crippen LogP contribution in [0.5, 0.6) is 0 Å². The van der Waals surface area contributed by atoms with E-state index in [1.54, 1.807) is 11.3 Å². The standard InChI is InChI=1S/C20H28N4OS/c1-14-21-18(17-6-11-26-19(17)22-14)24-9-4-15(5-10-24)23-16-12-20(25-13-16)7-2-3-8-20/h6,11,15-16,23H,2-5,7-10,12-13H2,1H3. The second kappa shape index (κ2) is 6.73. The number of piperidine rings is 1. The summed E-state index contributed by atoms with van der Waals surface area (Å²) in [5.74, 6) is 2.00. The van der Waals surface area contributed by atoms with E-state index in [1.165, 1.54) is 50.3 Å². The van der Waals surface area contributed by atoms with Crippen LogP contribution in [0.2, 0.25) is 0 Å². The van der Waals surface area contributed by atoms with Crippen molar-refractivity contribution in [2.75, 3.05) is 24.6 Å². The number of nitrogens with zero attached hydrogens (tertiary/aromatic N) is 3. The van der Waals surface area contributed by atoms with Crippen molar-refractivity contribution in [1.82, 2.24) is 15.3 Å². The first-order valence-electron chi connectivity index (χ1n) is 10.1. The minimum atomic E-state index is 0.224. The van der Waals surface area contributed by atoms with Gasteiger partial charge in [-0.05, 0) is 50.5 Å². The number of hydrogen-bond donors (Lipinski definition) is 1. The van der Waals surface area contributed by atoms with Crippen molar-refractivity contribution in [3.8, 4) is 0 Å². The van der Waals surface area contributed by atoms with Crippen molar-refractivity contribution in [3.63, 3.8) is 0 Å². The Morgan fingerprint density at radius 1 is 1.19 bits per heavy atom. The second-order valence-electron chi connectivity index (χ2n) is 8.26. The summed E-state index contributed by atoms with van der Waals surface area (Å²) in [6.07, 6.45) is 8.81. The molecular weight excluding hydrogens is 344 g/mol. The van der Waals surface area contributed by atoms with Crippen molar-refractivity contribution < 1.29 is 4.74 Å². The number of anilines is 1. The van der Waals surface area contributed by atoms with E-state index in [-0.39, 0.29) is 5.60 Å². The average molecular weight is 373 g/mol. The lowest BCUT2D eigenvalue weighted by Gasteiger charge is -2.35. The quantitative estimate of drug-likeness (QED) is 0.891. The van der Waals surface area contributed by atoms with Crippen molar-refractivity contribution >= 4 is 27.4 Å². The monoisotopic (exact) mass is 372 g/mol. The number of hydrogen-bond acceptors (Lipinski definition) is 6. The van der Waals surface area contributed by atoms with Gasteiger partial charge >= 0.3 is 0 Å². The molecule has 6 heteroatoms. The highest BCUT2D eigenvalue weighted by Crippen LogP contribution is 2.41. The fourth-order valence-electron chi connectivity index (χ4n) is 5.09. The molecule has 1 unspecified atom stereocenters. The van der Waals surface area contributed by atoms with Gasteiger partial charge in [-0.3, -0.25) is 0 Å². The van der Waals surface area contributed by atoms with Gasteiger partial charge in [-0.15, -0.1) is 11.3 Å². The van der Waals surface area contributed by atoms with Crippen molar-refractivity contribution in [2.24, 2.45) is 0 Å². The molecule has 0 amide bonds. The molecule has 2 aromatic heterocycles. The zero-order chi connectivity index (χ0) is 17.6. The summed E-state index contributed by atoms with van der Waals surface area (Å²) in [7, 11) is 0. The van der Waals surface area contributed by atoms with Gasteiger partial charge in [0, 0.05) is 25.2 Å². The van der Waals surface area contributed by atoms with Crippen molar-refractivity contribution in [1.29, 1.82) is 0 Å². The van der Waals surface area contributed by atoms with E-state index < -0.39 is 0 Å². The van der Waals surface area contributed by atoms with E-state index in [0.29, 0.717) is 12.1 Å². The van der Waals surface area contributed by atoms with Gasteiger partial charge in [0.05, 0.1) is 17.6 Å². The zero-order valence-corrected chi connectivity index (χ0v) is 16.4. The largest absolute Gasteiger partial charge is 0.373 e. The maximum Gasteiger partial charge on any atom is 0.141 e. The molecule has 3 fully saturated rings. The van der Waals surface area contributed by atoms with E-state index in [9.17, 15) is 0 Å². The molecule has 1 aliphatic carbocycles. The Morgan fingerprint density at radius 3 is 2.81 bits per heavy atom. The first-order chi connectivity index (χ1) is 12.7. The molecule has 4 heterocycles. The predicted octanol–water partition coefficient (Wildman–Crippen LogP) is 3.66. The second-order valence-corrected chi connectivity index (χ2v) is 9.16. The van der Waals surface area contributed by atoms with Gasteiger partial charge in [-0.25, -0.2) is 9.97 Å². The molecule has 2 aliphatic heterocycles. The molecule has 5 nitrogen and oxygen atoms in total. The van der Waals surface area contributed by atoms with Crippen LogP contribution in [0.3, 0.4) is 0 Å². The van der Waals surface area contributed by atoms with Crippen LogP contribution in [-0.2, 0) is 4.74 Å². The average Bonchev–Trinajstić information content (AvgIpc) is 3.37. The molecular formula is C20H28N4OS. The van der Waals surface area contributed by atoms with Gasteiger partial charge in [0.25, 0.3) is 0 Å². The van der Waals surface area contributed by atoms with Gasteiger partial charge in [0.2, 0.25) is 0 Å². The summed E-state index contributed by atoms with van der Waals surface area (Å²) in [4.78, 5) is 12.9. The summed E-state index contributed by atoms with van der Waals surface area (Å²) in [5, 5.41) is 7.23. The molecule has 1 N–H and O–H groups in total. The van der Waals surface area contributed by atoms with Gasteiger partial charge in [-0.2, -0.15) is 0 Å². The highest BCUT2D eigenvalue weighted by atomic mass is 32.1. The lowest BCUT2D eigenvalue weighted by atomic mass is 9.95. The van der Waals surface area contributed by atoms with Gasteiger partial charge in [0.15, 0.2) is 0 Å². The summed E-state index contributed by atoms with van der Waals surface area (Å²) >= 11 is 1.71. The third-order valence-electron chi connectivity index (χ3n) is 6.41. The summed E-state index contributed by atoms with van der Waals surface area (Å²) in [6, 6.07) is 3.32. The van der Waals surface area contributed by atoms with Crippen LogP contribution in [0, 0.1) is 6.92 Å². The Balaban J connectivity index is 1.21. The molecule has 2 saturated heterocycles. The number of rotatable bonds is 3. The van der Waals surface area contributed by atoms with Crippen LogP contribution >= 0.6 is 11.3 Å². The minimum absolute atomic E-state index is 0.224. The van der Waals surface area contributed by atoms with E-state index in [4.69, 9.17) is 9.72 Å². The van der Waals surface area contributed by atoms with E-state index in [1.807, 2.05) is 6.92 Å². The molecule has 3 aliphatic rings. The maximum atomic E-state index is 6.21. The summed E-state index contributed by atoms with van der Waals surface area (Å²) in [6.45, 7) is 5.03. The first kappa shape index (κ1) is 16.9. The van der Waals surface area contributed by atoms with Crippen LogP contribution in [0.15, 0.2) is 11.4 Å². The minimum Gasteiger partial charge on any atom is -0.373 e. The van der Waals surface area contributed by atoms with E-state index in [2.05, 4.69) is 26.6 Å². The Labute approximate surface area is 159 Å². The number of aromatic nitrogens is 2. The smallest absolute Gasteiger partial charge is 0.141 e. The number of aryl methyl sites for hydroxylation is 1. The van der Waals surface area contributed by atoms with Crippen LogP contribution in [-0.4, -0.2) is 47.3 Å². The Hall–Kier alpha value is -1.24. The number of fused-ring (bicyclic) bond motifs is 1. The van der Waals surface area contributed by atoms with E-state index >= 15 is 0 Å². The molecule has 2 aromatic rings. The van der Waals surface area contributed by atoms with Crippen LogP contribution in [0.4, 0.5) is 5.82 Å². The van der Waals surface area contributed by atoms with Gasteiger partial charge in [0.1, 0.15) is 16.5 Å².